The van der Waals surface area contributed by atoms with E-state index in [0.717, 1.165) is 28.2 Å². The van der Waals surface area contributed by atoms with Gasteiger partial charge in [0.15, 0.2) is 11.5 Å². The van der Waals surface area contributed by atoms with Crippen molar-refractivity contribution < 1.29 is 14.3 Å². The normalized spacial score (nSPS) is 10.9. The van der Waals surface area contributed by atoms with Gasteiger partial charge < -0.3 is 14.0 Å². The van der Waals surface area contributed by atoms with Crippen molar-refractivity contribution in [2.24, 2.45) is 5.10 Å². The predicted molar refractivity (Wildman–Crippen MR) is 114 cm³/mol. The van der Waals surface area contributed by atoms with E-state index < -0.39 is 0 Å². The van der Waals surface area contributed by atoms with Crippen LogP contribution in [0.2, 0.25) is 0 Å². The van der Waals surface area contributed by atoms with Gasteiger partial charge in [0.2, 0.25) is 5.91 Å². The molecule has 6 heteroatoms. The average molecular weight is 391 g/mol. The van der Waals surface area contributed by atoms with Gasteiger partial charge in [0, 0.05) is 22.6 Å². The van der Waals surface area contributed by atoms with Crippen LogP contribution in [0, 0.1) is 13.8 Å². The number of nitrogens with zero attached hydrogens (tertiary/aromatic N) is 2. The van der Waals surface area contributed by atoms with Crippen LogP contribution in [-0.4, -0.2) is 30.9 Å². The molecule has 0 aliphatic rings. The fourth-order valence-electron chi connectivity index (χ4n) is 3.28. The number of amides is 1. The Bertz CT molecular complexity index is 1020. The van der Waals surface area contributed by atoms with Gasteiger partial charge in [0.25, 0.3) is 0 Å². The fourth-order valence-corrected chi connectivity index (χ4v) is 3.28. The zero-order valence-electron chi connectivity index (χ0n) is 17.1. The number of aryl methyl sites for hydroxylation is 1. The molecule has 0 fully saturated rings. The molecule has 0 saturated heterocycles. The number of carbonyl (C=O) groups excluding carboxylic acids is 1. The number of rotatable bonds is 7. The van der Waals surface area contributed by atoms with Crippen LogP contribution in [0.25, 0.3) is 5.69 Å². The molecule has 0 atom stereocenters. The molecule has 29 heavy (non-hydrogen) atoms. The van der Waals surface area contributed by atoms with Crippen molar-refractivity contribution in [3.63, 3.8) is 0 Å². The first-order valence-electron chi connectivity index (χ1n) is 9.30. The van der Waals surface area contributed by atoms with E-state index in [0.29, 0.717) is 11.5 Å². The number of aromatic nitrogens is 1. The summed E-state index contributed by atoms with van der Waals surface area (Å²) in [5.74, 6) is 1.02. The van der Waals surface area contributed by atoms with E-state index in [-0.39, 0.29) is 12.3 Å². The van der Waals surface area contributed by atoms with Gasteiger partial charge in [-0.3, -0.25) is 4.79 Å². The molecule has 0 aliphatic heterocycles. The molecule has 1 N–H and O–H groups in total. The lowest BCUT2D eigenvalue weighted by molar-refractivity contribution is -0.120. The summed E-state index contributed by atoms with van der Waals surface area (Å²) < 4.78 is 12.6. The van der Waals surface area contributed by atoms with Crippen LogP contribution in [-0.2, 0) is 11.2 Å². The van der Waals surface area contributed by atoms with Crippen LogP contribution in [0.4, 0.5) is 0 Å². The van der Waals surface area contributed by atoms with Crippen LogP contribution in [0.3, 0.4) is 0 Å². The quantitative estimate of drug-likeness (QED) is 0.492. The second kappa shape index (κ2) is 9.10. The average Bonchev–Trinajstić information content (AvgIpc) is 3.01. The molecule has 6 nitrogen and oxygen atoms in total. The van der Waals surface area contributed by atoms with Crippen molar-refractivity contribution in [1.29, 1.82) is 0 Å². The number of hydrazone groups is 1. The molecule has 0 bridgehead atoms. The monoisotopic (exact) mass is 391 g/mol. The number of methoxy groups -OCH3 is 2. The minimum absolute atomic E-state index is 0.195. The fraction of sp³-hybridized carbons (Fsp3) is 0.217. The van der Waals surface area contributed by atoms with E-state index in [1.54, 1.807) is 32.6 Å². The molecule has 0 aliphatic carbocycles. The third kappa shape index (κ3) is 4.66. The highest BCUT2D eigenvalue weighted by atomic mass is 16.5. The maximum Gasteiger partial charge on any atom is 0.244 e. The molecule has 150 valence electrons. The van der Waals surface area contributed by atoms with Crippen molar-refractivity contribution >= 4 is 12.1 Å². The number of carbonyl (C=O) groups is 1. The van der Waals surface area contributed by atoms with Gasteiger partial charge in [-0.1, -0.05) is 24.3 Å². The van der Waals surface area contributed by atoms with Crippen LogP contribution < -0.4 is 14.9 Å². The Hall–Kier alpha value is -3.54. The molecule has 1 heterocycles. The summed E-state index contributed by atoms with van der Waals surface area (Å²) in [6.07, 6.45) is 1.87. The minimum atomic E-state index is -0.203. The Kier molecular flexibility index (Phi) is 6.34. The topological polar surface area (TPSA) is 64.8 Å². The molecule has 1 amide bonds. The van der Waals surface area contributed by atoms with Crippen LogP contribution in [0.15, 0.2) is 59.7 Å². The van der Waals surface area contributed by atoms with Crippen molar-refractivity contribution in [3.8, 4) is 17.2 Å². The van der Waals surface area contributed by atoms with E-state index in [1.807, 2.05) is 44.2 Å². The first-order valence-corrected chi connectivity index (χ1v) is 9.30. The number of benzene rings is 2. The molecule has 0 radical (unpaired) electrons. The third-order valence-corrected chi connectivity index (χ3v) is 4.69. The summed E-state index contributed by atoms with van der Waals surface area (Å²) in [6, 6.07) is 17.6. The van der Waals surface area contributed by atoms with Crippen LogP contribution in [0.5, 0.6) is 11.5 Å². The Balaban J connectivity index is 1.67. The highest BCUT2D eigenvalue weighted by Crippen LogP contribution is 2.27. The van der Waals surface area contributed by atoms with Gasteiger partial charge >= 0.3 is 0 Å². The zero-order valence-corrected chi connectivity index (χ0v) is 17.1. The van der Waals surface area contributed by atoms with Crippen molar-refractivity contribution in [2.45, 2.75) is 20.3 Å². The lowest BCUT2D eigenvalue weighted by Gasteiger charge is -2.09. The molecule has 2 aromatic carbocycles. The molecule has 0 spiro atoms. The largest absolute Gasteiger partial charge is 0.493 e. The Labute approximate surface area is 170 Å². The zero-order chi connectivity index (χ0) is 20.8. The second-order valence-electron chi connectivity index (χ2n) is 6.66. The van der Waals surface area contributed by atoms with Gasteiger partial charge in [-0.15, -0.1) is 0 Å². The summed E-state index contributed by atoms with van der Waals surface area (Å²) in [6.45, 7) is 4.08. The van der Waals surface area contributed by atoms with Crippen molar-refractivity contribution in [1.82, 2.24) is 9.99 Å². The number of nitrogens with one attached hydrogen (secondary N) is 1. The first kappa shape index (κ1) is 20.2. The number of ether oxygens (including phenoxy) is 2. The van der Waals surface area contributed by atoms with Gasteiger partial charge in [-0.05, 0) is 49.7 Å². The molecule has 0 unspecified atom stereocenters. The van der Waals surface area contributed by atoms with Crippen LogP contribution >= 0.6 is 0 Å². The van der Waals surface area contributed by atoms with Gasteiger partial charge in [0.1, 0.15) is 0 Å². The number of hydrogen-bond donors (Lipinski definition) is 1. The standard InChI is InChI=1S/C23H25N3O3/c1-16-12-19(17(2)26(16)20-8-6-5-7-9-20)15-24-25-23(27)14-18-10-11-21(28-3)22(13-18)29-4/h5-13,15H,14H2,1-4H3,(H,25,27)/b24-15+. The molecule has 3 rings (SSSR count). The summed E-state index contributed by atoms with van der Waals surface area (Å²) >= 11 is 0. The van der Waals surface area contributed by atoms with E-state index >= 15 is 0 Å². The summed E-state index contributed by atoms with van der Waals surface area (Å²) in [4.78, 5) is 12.2. The van der Waals surface area contributed by atoms with Crippen molar-refractivity contribution in [3.05, 3.63) is 77.1 Å². The molecule has 3 aromatic rings. The minimum Gasteiger partial charge on any atom is -0.493 e. The highest BCUT2D eigenvalue weighted by molar-refractivity contribution is 5.85. The number of hydrogen-bond acceptors (Lipinski definition) is 4. The molecule has 1 aromatic heterocycles. The lowest BCUT2D eigenvalue weighted by Crippen LogP contribution is -2.19. The SMILES string of the molecule is COc1ccc(CC(=O)N/N=C/c2cc(C)n(-c3ccccc3)c2C)cc1OC. The predicted octanol–water partition coefficient (Wildman–Crippen LogP) is 3.80. The smallest absolute Gasteiger partial charge is 0.244 e. The third-order valence-electron chi connectivity index (χ3n) is 4.69. The van der Waals surface area contributed by atoms with Crippen LogP contribution in [0.1, 0.15) is 22.5 Å². The Morgan fingerprint density at radius 1 is 1.03 bits per heavy atom. The van der Waals surface area contributed by atoms with Crippen molar-refractivity contribution in [2.75, 3.05) is 14.2 Å². The summed E-state index contributed by atoms with van der Waals surface area (Å²) in [5, 5.41) is 4.13. The van der Waals surface area contributed by atoms with E-state index in [1.165, 1.54) is 0 Å². The molecular formula is C23H25N3O3. The van der Waals surface area contributed by atoms with Gasteiger partial charge in [-0.2, -0.15) is 5.10 Å². The first-order chi connectivity index (χ1) is 14.0. The maximum atomic E-state index is 12.2. The van der Waals surface area contributed by atoms with E-state index in [2.05, 4.69) is 27.2 Å². The van der Waals surface area contributed by atoms with Gasteiger partial charge in [0.05, 0.1) is 26.9 Å². The Morgan fingerprint density at radius 3 is 2.45 bits per heavy atom. The van der Waals surface area contributed by atoms with Gasteiger partial charge in [-0.25, -0.2) is 5.43 Å². The van der Waals surface area contributed by atoms with E-state index in [4.69, 9.17) is 9.47 Å². The van der Waals surface area contributed by atoms with E-state index in [9.17, 15) is 4.79 Å². The highest BCUT2D eigenvalue weighted by Gasteiger charge is 2.10. The molecular weight excluding hydrogens is 366 g/mol. The second-order valence-corrected chi connectivity index (χ2v) is 6.66. The summed E-state index contributed by atoms with van der Waals surface area (Å²) in [5.41, 5.74) is 7.63. The molecule has 0 saturated carbocycles. The lowest BCUT2D eigenvalue weighted by atomic mass is 10.1. The Morgan fingerprint density at radius 2 is 1.76 bits per heavy atom. The number of para-hydroxylation sites is 1. The maximum absolute atomic E-state index is 12.2. The summed E-state index contributed by atoms with van der Waals surface area (Å²) in [7, 11) is 3.14.